The van der Waals surface area contributed by atoms with Gasteiger partial charge in [0.2, 0.25) is 0 Å². The van der Waals surface area contributed by atoms with Gasteiger partial charge in [0.1, 0.15) is 0 Å². The molecule has 0 aromatic carbocycles. The zero-order chi connectivity index (χ0) is 13.1. The molecule has 0 spiro atoms. The fourth-order valence-corrected chi connectivity index (χ4v) is 2.63. The van der Waals surface area contributed by atoms with E-state index in [0.717, 1.165) is 19.1 Å². The highest BCUT2D eigenvalue weighted by Crippen LogP contribution is 2.20. The third-order valence-electron chi connectivity index (χ3n) is 4.28. The average Bonchev–Trinajstić information content (AvgIpc) is 2.32. The normalized spacial score (nSPS) is 21.6. The molecule has 3 nitrogen and oxygen atoms in total. The van der Waals surface area contributed by atoms with Crippen LogP contribution in [0.2, 0.25) is 0 Å². The van der Waals surface area contributed by atoms with Crippen molar-refractivity contribution in [2.45, 2.75) is 25.8 Å². The topological polar surface area (TPSA) is 9.72 Å². The van der Waals surface area contributed by atoms with Crippen molar-refractivity contribution in [1.29, 1.82) is 0 Å². The van der Waals surface area contributed by atoms with E-state index in [1.807, 2.05) is 0 Å². The van der Waals surface area contributed by atoms with Crippen molar-refractivity contribution in [3.8, 4) is 0 Å². The summed E-state index contributed by atoms with van der Waals surface area (Å²) in [6, 6.07) is 0.769. The van der Waals surface area contributed by atoms with E-state index >= 15 is 0 Å². The molecule has 1 fully saturated rings. The zero-order valence-corrected chi connectivity index (χ0v) is 12.3. The molecule has 2 aliphatic rings. The van der Waals surface area contributed by atoms with Crippen LogP contribution in [-0.4, -0.2) is 68.1 Å². The Labute approximate surface area is 112 Å². The summed E-state index contributed by atoms with van der Waals surface area (Å²) in [7, 11) is 6.67. The van der Waals surface area contributed by atoms with Crippen LogP contribution in [0, 0.1) is 0 Å². The van der Waals surface area contributed by atoms with E-state index in [-0.39, 0.29) is 0 Å². The number of hydrogen-bond acceptors (Lipinski definition) is 3. The van der Waals surface area contributed by atoms with Gasteiger partial charge in [-0.05, 0) is 39.9 Å². The van der Waals surface area contributed by atoms with E-state index in [1.54, 1.807) is 0 Å². The first kappa shape index (κ1) is 13.6. The first-order chi connectivity index (χ1) is 8.56. The lowest BCUT2D eigenvalue weighted by atomic mass is 10.0. The van der Waals surface area contributed by atoms with E-state index in [2.05, 4.69) is 54.9 Å². The molecule has 0 aromatic heterocycles. The second-order valence-electron chi connectivity index (χ2n) is 5.95. The monoisotopic (exact) mass is 249 g/mol. The molecular weight excluding hydrogens is 222 g/mol. The molecule has 0 atom stereocenters. The van der Waals surface area contributed by atoms with Gasteiger partial charge in [0, 0.05) is 45.0 Å². The average molecular weight is 249 g/mol. The van der Waals surface area contributed by atoms with Gasteiger partial charge >= 0.3 is 0 Å². The Hall–Kier alpha value is -0.800. The van der Waals surface area contributed by atoms with Gasteiger partial charge in [-0.2, -0.15) is 0 Å². The molecule has 0 saturated carbocycles. The molecule has 102 valence electrons. The number of likely N-dealkylation sites (tertiary alicyclic amines) is 1. The summed E-state index contributed by atoms with van der Waals surface area (Å²) >= 11 is 0. The van der Waals surface area contributed by atoms with Crippen molar-refractivity contribution < 1.29 is 0 Å². The van der Waals surface area contributed by atoms with E-state index < -0.39 is 0 Å². The van der Waals surface area contributed by atoms with Gasteiger partial charge in [-0.1, -0.05) is 11.6 Å². The molecule has 0 N–H and O–H groups in total. The summed E-state index contributed by atoms with van der Waals surface area (Å²) in [6.45, 7) is 6.97. The van der Waals surface area contributed by atoms with Crippen LogP contribution in [0.15, 0.2) is 23.4 Å². The Morgan fingerprint density at radius 3 is 2.44 bits per heavy atom. The van der Waals surface area contributed by atoms with Gasteiger partial charge in [0.15, 0.2) is 0 Å². The van der Waals surface area contributed by atoms with E-state index in [9.17, 15) is 0 Å². The van der Waals surface area contributed by atoms with Crippen LogP contribution in [-0.2, 0) is 0 Å². The summed E-state index contributed by atoms with van der Waals surface area (Å²) in [4.78, 5) is 7.30. The molecule has 1 aliphatic carbocycles. The molecule has 18 heavy (non-hydrogen) atoms. The second kappa shape index (κ2) is 5.89. The van der Waals surface area contributed by atoms with Crippen LogP contribution in [0.4, 0.5) is 0 Å². The summed E-state index contributed by atoms with van der Waals surface area (Å²) in [5.41, 5.74) is 2.99. The summed E-state index contributed by atoms with van der Waals surface area (Å²) in [5, 5.41) is 0. The summed E-state index contributed by atoms with van der Waals surface area (Å²) in [5.74, 6) is 0. The van der Waals surface area contributed by atoms with Crippen molar-refractivity contribution in [3.63, 3.8) is 0 Å². The lowest BCUT2D eigenvalue weighted by Crippen LogP contribution is -2.57. The molecule has 1 saturated heterocycles. The van der Waals surface area contributed by atoms with Crippen LogP contribution in [0.5, 0.6) is 0 Å². The highest BCUT2D eigenvalue weighted by Gasteiger charge is 2.26. The zero-order valence-electron chi connectivity index (χ0n) is 12.3. The third kappa shape index (κ3) is 3.36. The summed E-state index contributed by atoms with van der Waals surface area (Å²) in [6.07, 6.45) is 6.98. The van der Waals surface area contributed by atoms with E-state index in [1.165, 1.54) is 37.2 Å². The van der Waals surface area contributed by atoms with Gasteiger partial charge < -0.3 is 9.80 Å². The smallest absolute Gasteiger partial charge is 0.0347 e. The van der Waals surface area contributed by atoms with Crippen LogP contribution in [0.25, 0.3) is 0 Å². The lowest BCUT2D eigenvalue weighted by molar-refractivity contribution is 0.0668. The highest BCUT2D eigenvalue weighted by molar-refractivity contribution is 5.21. The number of likely N-dealkylation sites (N-methyl/N-ethyl adjacent to an activating group) is 3. The maximum absolute atomic E-state index is 2.50. The number of nitrogens with zero attached hydrogens (tertiary/aromatic N) is 3. The molecule has 1 aliphatic heterocycles. The predicted molar refractivity (Wildman–Crippen MR) is 77.6 cm³/mol. The highest BCUT2D eigenvalue weighted by atomic mass is 15.3. The number of allylic oxidation sites excluding steroid dienone is 4. The fourth-order valence-electron chi connectivity index (χ4n) is 2.63. The van der Waals surface area contributed by atoms with Gasteiger partial charge in [-0.3, -0.25) is 4.90 Å². The molecule has 2 rings (SSSR count). The van der Waals surface area contributed by atoms with Crippen LogP contribution in [0.3, 0.4) is 0 Å². The quantitative estimate of drug-likeness (QED) is 0.735. The van der Waals surface area contributed by atoms with Crippen molar-refractivity contribution in [2.24, 2.45) is 0 Å². The first-order valence-electron chi connectivity index (χ1n) is 7.02. The van der Waals surface area contributed by atoms with Crippen LogP contribution < -0.4 is 0 Å². The SMILES string of the molecule is CC1=CC=C(N(C)CCN(C)C2CN(C)C2)CC1. The van der Waals surface area contributed by atoms with E-state index in [0.29, 0.717) is 0 Å². The Morgan fingerprint density at radius 2 is 1.89 bits per heavy atom. The maximum Gasteiger partial charge on any atom is 0.0347 e. The standard InChI is InChI=1S/C15H27N3/c1-13-5-7-14(8-6-13)17(3)9-10-18(4)15-11-16(2)12-15/h5,7,15H,6,8-12H2,1-4H3. The van der Waals surface area contributed by atoms with Crippen molar-refractivity contribution in [2.75, 3.05) is 47.3 Å². The van der Waals surface area contributed by atoms with Gasteiger partial charge in [-0.25, -0.2) is 0 Å². The summed E-state index contributed by atoms with van der Waals surface area (Å²) < 4.78 is 0. The Balaban J connectivity index is 1.73. The number of rotatable bonds is 5. The van der Waals surface area contributed by atoms with Crippen LogP contribution in [0.1, 0.15) is 19.8 Å². The minimum atomic E-state index is 0.769. The molecule has 1 heterocycles. The van der Waals surface area contributed by atoms with Crippen molar-refractivity contribution >= 4 is 0 Å². The minimum absolute atomic E-state index is 0.769. The fraction of sp³-hybridized carbons (Fsp3) is 0.733. The third-order valence-corrected chi connectivity index (χ3v) is 4.28. The Kier molecular flexibility index (Phi) is 4.46. The van der Waals surface area contributed by atoms with Gasteiger partial charge in [0.05, 0.1) is 0 Å². The molecular formula is C15H27N3. The molecule has 0 bridgehead atoms. The van der Waals surface area contributed by atoms with Crippen molar-refractivity contribution in [1.82, 2.24) is 14.7 Å². The van der Waals surface area contributed by atoms with Crippen LogP contribution >= 0.6 is 0 Å². The van der Waals surface area contributed by atoms with Gasteiger partial charge in [-0.15, -0.1) is 0 Å². The molecule has 0 amide bonds. The Morgan fingerprint density at radius 1 is 1.17 bits per heavy atom. The van der Waals surface area contributed by atoms with E-state index in [4.69, 9.17) is 0 Å². The van der Waals surface area contributed by atoms with Crippen molar-refractivity contribution in [3.05, 3.63) is 23.4 Å². The molecule has 0 aromatic rings. The molecule has 3 heteroatoms. The second-order valence-corrected chi connectivity index (χ2v) is 5.95. The minimum Gasteiger partial charge on any atom is -0.377 e. The first-order valence-corrected chi connectivity index (χ1v) is 7.02. The molecule has 0 radical (unpaired) electrons. The molecule has 0 unspecified atom stereocenters. The maximum atomic E-state index is 2.50. The lowest BCUT2D eigenvalue weighted by Gasteiger charge is -2.42. The predicted octanol–water partition coefficient (Wildman–Crippen LogP) is 1.79. The largest absolute Gasteiger partial charge is 0.377 e. The van der Waals surface area contributed by atoms with Gasteiger partial charge in [0.25, 0.3) is 0 Å². The Bertz CT molecular complexity index is 340. The number of hydrogen-bond donors (Lipinski definition) is 0.